The molecule has 0 atom stereocenters. The smallest absolute Gasteiger partial charge is 0.324 e. The molecule has 206 valence electrons. The number of hydrogen-bond donors (Lipinski definition) is 3. The molecule has 40 heavy (non-hydrogen) atoms. The Kier molecular flexibility index (Phi) is 6.21. The van der Waals surface area contributed by atoms with Gasteiger partial charge in [0.25, 0.3) is 0 Å². The zero-order valence-corrected chi connectivity index (χ0v) is 23.4. The molecular weight excluding hydrogens is 530 g/mol. The van der Waals surface area contributed by atoms with E-state index in [4.69, 9.17) is 14.2 Å². The molecule has 1 aliphatic rings. The molecule has 0 saturated heterocycles. The number of nitrogens with zero attached hydrogens (tertiary/aromatic N) is 4. The molecule has 1 aliphatic carbocycles. The van der Waals surface area contributed by atoms with Crippen molar-refractivity contribution in [3.63, 3.8) is 0 Å². The van der Waals surface area contributed by atoms with Crippen molar-refractivity contribution in [1.82, 2.24) is 24.8 Å². The number of benzene rings is 1. The third-order valence-electron chi connectivity index (χ3n) is 6.92. The fourth-order valence-corrected chi connectivity index (χ4v) is 5.32. The number of hydrogen-bond acceptors (Lipinski definition) is 8. The Balaban J connectivity index is 1.11. The highest BCUT2D eigenvalue weighted by Crippen LogP contribution is 2.46. The van der Waals surface area contributed by atoms with Gasteiger partial charge in [0, 0.05) is 42.0 Å². The molecule has 0 unspecified atom stereocenters. The van der Waals surface area contributed by atoms with Crippen molar-refractivity contribution >= 4 is 50.1 Å². The van der Waals surface area contributed by atoms with E-state index in [0.717, 1.165) is 39.4 Å². The summed E-state index contributed by atoms with van der Waals surface area (Å²) in [5.74, 6) is 1.56. The van der Waals surface area contributed by atoms with Gasteiger partial charge in [-0.05, 0) is 31.0 Å². The summed E-state index contributed by atoms with van der Waals surface area (Å²) in [4.78, 5) is 35.5. The largest absolute Gasteiger partial charge is 0.476 e. The lowest BCUT2D eigenvalue weighted by molar-refractivity contribution is -0.126. The maximum absolute atomic E-state index is 12.4. The second-order valence-corrected chi connectivity index (χ2v) is 11.9. The lowest BCUT2D eigenvalue weighted by Crippen LogP contribution is -2.33. The summed E-state index contributed by atoms with van der Waals surface area (Å²) < 4.78 is 13.2. The number of aromatic nitrogens is 4. The quantitative estimate of drug-likeness (QED) is 0.241. The van der Waals surface area contributed by atoms with Crippen molar-refractivity contribution in [1.29, 1.82) is 0 Å². The molecule has 5 aromatic rings. The van der Waals surface area contributed by atoms with E-state index < -0.39 is 11.4 Å². The highest BCUT2D eigenvalue weighted by Gasteiger charge is 2.50. The average Bonchev–Trinajstić information content (AvgIpc) is 3.21. The molecule has 1 aromatic carbocycles. The number of carbonyl (C=O) groups excluding carboxylic acids is 2. The Morgan fingerprint density at radius 3 is 2.55 bits per heavy atom. The van der Waals surface area contributed by atoms with Crippen LogP contribution in [0.2, 0.25) is 0 Å². The fourth-order valence-electron chi connectivity index (χ4n) is 4.34. The number of imidazole rings is 1. The first kappa shape index (κ1) is 25.8. The third kappa shape index (κ3) is 4.97. The summed E-state index contributed by atoms with van der Waals surface area (Å²) in [6, 6.07) is 12.5. The molecule has 0 radical (unpaired) electrons. The van der Waals surface area contributed by atoms with Crippen molar-refractivity contribution in [3.05, 3.63) is 54.4 Å². The van der Waals surface area contributed by atoms with Gasteiger partial charge in [0.15, 0.2) is 10.8 Å². The van der Waals surface area contributed by atoms with E-state index in [1.165, 1.54) is 11.3 Å². The topological polar surface area (TPSA) is 136 Å². The fraction of sp³-hybridized carbons (Fsp3) is 0.321. The standard InChI is InChI=1S/C28H29N7O4S/c1-27(2,3)20-13-21(34-39-20)32-25(37)30-17-7-5-16(6-8-17)18-14-35-19-9-10-22(33-23(19)40-26(35)31-18)38-15-28(11-12-28)24(36)29-4/h5-10,13-14H,11-12,15H2,1-4H3,(H,29,36)(H2,30,32,34,37). The predicted octanol–water partition coefficient (Wildman–Crippen LogP) is 5.45. The maximum Gasteiger partial charge on any atom is 0.324 e. The van der Waals surface area contributed by atoms with Gasteiger partial charge < -0.3 is 19.9 Å². The van der Waals surface area contributed by atoms with Gasteiger partial charge in [0.2, 0.25) is 11.8 Å². The van der Waals surface area contributed by atoms with Gasteiger partial charge in [-0.3, -0.25) is 14.5 Å². The van der Waals surface area contributed by atoms with E-state index in [2.05, 4.69) is 26.1 Å². The molecule has 1 saturated carbocycles. The zero-order valence-electron chi connectivity index (χ0n) is 22.6. The second kappa shape index (κ2) is 9.63. The minimum Gasteiger partial charge on any atom is -0.476 e. The van der Waals surface area contributed by atoms with Crippen LogP contribution in [0.1, 0.15) is 39.4 Å². The van der Waals surface area contributed by atoms with Crippen LogP contribution in [0.25, 0.3) is 26.6 Å². The first-order valence-electron chi connectivity index (χ1n) is 12.9. The van der Waals surface area contributed by atoms with Gasteiger partial charge in [-0.15, -0.1) is 0 Å². The van der Waals surface area contributed by atoms with Crippen molar-refractivity contribution in [2.45, 2.75) is 39.0 Å². The molecule has 4 heterocycles. The van der Waals surface area contributed by atoms with E-state index >= 15 is 0 Å². The number of pyridine rings is 1. The van der Waals surface area contributed by atoms with Gasteiger partial charge in [-0.2, -0.15) is 0 Å². The summed E-state index contributed by atoms with van der Waals surface area (Å²) in [5.41, 5.74) is 2.66. The number of thiazole rings is 1. The minimum atomic E-state index is -0.424. The predicted molar refractivity (Wildman–Crippen MR) is 153 cm³/mol. The molecule has 3 amide bonds. The summed E-state index contributed by atoms with van der Waals surface area (Å²) in [6.07, 6.45) is 3.62. The number of amides is 3. The van der Waals surface area contributed by atoms with E-state index in [1.54, 1.807) is 13.1 Å². The summed E-state index contributed by atoms with van der Waals surface area (Å²) in [5, 5.41) is 12.1. The van der Waals surface area contributed by atoms with Crippen molar-refractivity contribution in [2.24, 2.45) is 5.41 Å². The molecule has 6 rings (SSSR count). The third-order valence-corrected chi connectivity index (χ3v) is 7.89. The van der Waals surface area contributed by atoms with Crippen LogP contribution in [0.4, 0.5) is 16.3 Å². The number of nitrogens with one attached hydrogen (secondary N) is 3. The second-order valence-electron chi connectivity index (χ2n) is 11.0. The van der Waals surface area contributed by atoms with Crippen LogP contribution in [0.3, 0.4) is 0 Å². The monoisotopic (exact) mass is 559 g/mol. The van der Waals surface area contributed by atoms with Crippen LogP contribution in [0, 0.1) is 5.41 Å². The van der Waals surface area contributed by atoms with Crippen LogP contribution in [0.15, 0.2) is 53.2 Å². The van der Waals surface area contributed by atoms with E-state index in [0.29, 0.717) is 29.8 Å². The number of fused-ring (bicyclic) bond motifs is 3. The van der Waals surface area contributed by atoms with Crippen LogP contribution in [-0.4, -0.2) is 45.1 Å². The Labute approximate surface area is 233 Å². The highest BCUT2D eigenvalue weighted by atomic mass is 32.1. The summed E-state index contributed by atoms with van der Waals surface area (Å²) >= 11 is 1.47. The molecule has 0 aliphatic heterocycles. The SMILES string of the molecule is CNC(=O)C1(COc2ccc3c(n2)sc2nc(-c4ccc(NC(=O)Nc5cc(C(C)(C)C)on5)cc4)cn23)CC1. The van der Waals surface area contributed by atoms with Crippen LogP contribution in [0.5, 0.6) is 5.88 Å². The Morgan fingerprint density at radius 2 is 1.88 bits per heavy atom. The first-order chi connectivity index (χ1) is 19.1. The molecule has 3 N–H and O–H groups in total. The van der Waals surface area contributed by atoms with Gasteiger partial charge in [-0.1, -0.05) is 49.4 Å². The van der Waals surface area contributed by atoms with Crippen LogP contribution < -0.4 is 20.7 Å². The van der Waals surface area contributed by atoms with Crippen molar-refractivity contribution in [3.8, 4) is 17.1 Å². The molecular formula is C28H29N7O4S. The minimum absolute atomic E-state index is 0.0176. The van der Waals surface area contributed by atoms with E-state index in [1.807, 2.05) is 67.8 Å². The Morgan fingerprint density at radius 1 is 1.10 bits per heavy atom. The van der Waals surface area contributed by atoms with Gasteiger partial charge in [0.1, 0.15) is 17.2 Å². The lowest BCUT2D eigenvalue weighted by Gasteiger charge is -2.13. The van der Waals surface area contributed by atoms with Crippen molar-refractivity contribution < 1.29 is 18.8 Å². The first-order valence-corrected chi connectivity index (χ1v) is 13.7. The number of ether oxygens (including phenoxy) is 1. The Bertz CT molecular complexity index is 1730. The molecule has 1 fully saturated rings. The van der Waals surface area contributed by atoms with E-state index in [9.17, 15) is 9.59 Å². The summed E-state index contributed by atoms with van der Waals surface area (Å²) in [7, 11) is 1.65. The molecule has 12 heteroatoms. The van der Waals surface area contributed by atoms with Crippen LogP contribution >= 0.6 is 11.3 Å². The zero-order chi connectivity index (χ0) is 28.1. The number of urea groups is 1. The highest BCUT2D eigenvalue weighted by molar-refractivity contribution is 7.23. The van der Waals surface area contributed by atoms with E-state index in [-0.39, 0.29) is 11.3 Å². The normalized spacial score (nSPS) is 14.3. The molecule has 0 spiro atoms. The van der Waals surface area contributed by atoms with Crippen LogP contribution in [-0.2, 0) is 10.2 Å². The number of anilines is 2. The molecule has 4 aromatic heterocycles. The molecule has 0 bridgehead atoms. The number of carbonyl (C=O) groups is 2. The van der Waals surface area contributed by atoms with Crippen molar-refractivity contribution in [2.75, 3.05) is 24.3 Å². The van der Waals surface area contributed by atoms with Gasteiger partial charge in [-0.25, -0.2) is 14.8 Å². The molecule has 11 nitrogen and oxygen atoms in total. The summed E-state index contributed by atoms with van der Waals surface area (Å²) in [6.45, 7) is 6.35. The lowest BCUT2D eigenvalue weighted by atomic mass is 9.93. The Hall–Kier alpha value is -4.45. The average molecular weight is 560 g/mol. The number of rotatable bonds is 7. The van der Waals surface area contributed by atoms with Gasteiger partial charge >= 0.3 is 6.03 Å². The van der Waals surface area contributed by atoms with Gasteiger partial charge in [0.05, 0.1) is 16.6 Å². The maximum atomic E-state index is 12.4.